The summed E-state index contributed by atoms with van der Waals surface area (Å²) in [6.45, 7) is 0. The highest BCUT2D eigenvalue weighted by atomic mass is 28.5. The van der Waals surface area contributed by atoms with Crippen LogP contribution in [0.4, 0.5) is 11.6 Å². The smallest absolute Gasteiger partial charge is 0.324 e. The van der Waals surface area contributed by atoms with Crippen molar-refractivity contribution >= 4 is 66.3 Å². The number of benzene rings is 7. The van der Waals surface area contributed by atoms with E-state index in [-0.39, 0.29) is 0 Å². The quantitative estimate of drug-likeness (QED) is 0.154. The minimum atomic E-state index is -3.12. The Morgan fingerprint density at radius 3 is 1.15 bits per heavy atom. The number of hydrogen-bond acceptors (Lipinski definition) is 4. The fraction of sp³-hybridized carbons (Fsp3) is 0. The van der Waals surface area contributed by atoms with Crippen molar-refractivity contribution in [1.82, 2.24) is 9.97 Å². The Kier molecular flexibility index (Phi) is 7.97. The first-order valence-corrected chi connectivity index (χ1v) is 21.6. The van der Waals surface area contributed by atoms with Crippen molar-refractivity contribution in [2.75, 3.05) is 8.46 Å². The van der Waals surface area contributed by atoms with Gasteiger partial charge in [0, 0.05) is 21.9 Å². The SMILES string of the molecule is c1ccc(-c2nc(N3[Si](c4ccccc4)N(c4cc5ccccc5c(-c5ccccc5)n4)[Si]3(c3ccccc3)c3ccccc3)cc3ccccc23)cc1. The predicted molar refractivity (Wildman–Crippen MR) is 229 cm³/mol. The maximum atomic E-state index is 5.70. The van der Waals surface area contributed by atoms with Crippen molar-refractivity contribution in [3.8, 4) is 22.5 Å². The van der Waals surface area contributed by atoms with E-state index in [2.05, 4.69) is 221 Å². The Hall–Kier alpha value is -6.61. The predicted octanol–water partition coefficient (Wildman–Crippen LogP) is 9.10. The number of nitrogens with zero attached hydrogens (tertiary/aromatic N) is 4. The summed E-state index contributed by atoms with van der Waals surface area (Å²) in [5.74, 6) is 1.98. The fourth-order valence-electron chi connectivity index (χ4n) is 8.11. The zero-order valence-corrected chi connectivity index (χ0v) is 31.5. The largest absolute Gasteiger partial charge is 0.366 e. The van der Waals surface area contributed by atoms with E-state index in [1.54, 1.807) is 0 Å². The van der Waals surface area contributed by atoms with Gasteiger partial charge in [-0.2, -0.15) is 0 Å². The van der Waals surface area contributed by atoms with Gasteiger partial charge < -0.3 is 8.46 Å². The van der Waals surface area contributed by atoms with Crippen molar-refractivity contribution in [3.63, 3.8) is 0 Å². The van der Waals surface area contributed by atoms with Crippen LogP contribution in [0.3, 0.4) is 0 Å². The molecule has 1 radical (unpaired) electrons. The molecule has 6 heteroatoms. The second-order valence-electron chi connectivity index (χ2n) is 13.6. The van der Waals surface area contributed by atoms with Gasteiger partial charge in [-0.15, -0.1) is 0 Å². The first-order chi connectivity index (χ1) is 26.8. The topological polar surface area (TPSA) is 32.3 Å². The second-order valence-corrected chi connectivity index (χ2v) is 20.0. The van der Waals surface area contributed by atoms with Crippen LogP contribution in [0, 0.1) is 0 Å². The third kappa shape index (κ3) is 5.18. The molecule has 1 aliphatic rings. The van der Waals surface area contributed by atoms with Gasteiger partial charge in [-0.3, -0.25) is 0 Å². The number of pyridine rings is 2. The van der Waals surface area contributed by atoms with E-state index in [4.69, 9.17) is 9.97 Å². The highest BCUT2D eigenvalue weighted by Gasteiger charge is 2.67. The summed E-state index contributed by atoms with van der Waals surface area (Å²) in [4.78, 5) is 11.4. The minimum absolute atomic E-state index is 0.991. The molecular weight excluding hydrogens is 689 g/mol. The minimum Gasteiger partial charge on any atom is -0.366 e. The highest BCUT2D eigenvalue weighted by molar-refractivity contribution is 7.28. The lowest BCUT2D eigenvalue weighted by atomic mass is 10.0. The molecule has 1 fully saturated rings. The number of anilines is 2. The van der Waals surface area contributed by atoms with Crippen LogP contribution in [0.25, 0.3) is 44.1 Å². The molecule has 0 spiro atoms. The van der Waals surface area contributed by atoms with Gasteiger partial charge >= 0.3 is 17.5 Å². The molecule has 0 amide bonds. The van der Waals surface area contributed by atoms with Gasteiger partial charge in [-0.1, -0.05) is 200 Å². The van der Waals surface area contributed by atoms with E-state index in [0.717, 1.165) is 44.9 Å². The van der Waals surface area contributed by atoms with E-state index >= 15 is 0 Å². The maximum absolute atomic E-state index is 5.70. The molecule has 0 N–H and O–H groups in total. The van der Waals surface area contributed by atoms with Gasteiger partial charge in [0.15, 0.2) is 0 Å². The van der Waals surface area contributed by atoms with Crippen LogP contribution in [-0.2, 0) is 0 Å². The zero-order chi connectivity index (χ0) is 35.9. The molecular formula is C48H35N4Si2. The van der Waals surface area contributed by atoms with Crippen LogP contribution in [0.1, 0.15) is 0 Å². The highest BCUT2D eigenvalue weighted by Crippen LogP contribution is 2.42. The molecule has 10 rings (SSSR count). The zero-order valence-electron chi connectivity index (χ0n) is 29.5. The molecule has 1 aliphatic heterocycles. The first kappa shape index (κ1) is 32.1. The lowest BCUT2D eigenvalue weighted by molar-refractivity contribution is 1.16. The first-order valence-electron chi connectivity index (χ1n) is 18.3. The van der Waals surface area contributed by atoms with Gasteiger partial charge in [0.1, 0.15) is 11.6 Å². The Morgan fingerprint density at radius 2 is 0.722 bits per heavy atom. The molecule has 0 unspecified atom stereocenters. The lowest BCUT2D eigenvalue weighted by Crippen LogP contribution is -2.99. The van der Waals surface area contributed by atoms with E-state index < -0.39 is 17.5 Å². The fourth-order valence-corrected chi connectivity index (χ4v) is 19.1. The van der Waals surface area contributed by atoms with E-state index in [1.807, 2.05) is 0 Å². The molecule has 9 aromatic rings. The third-order valence-electron chi connectivity index (χ3n) is 10.5. The Bertz CT molecular complexity index is 2560. The molecule has 1 saturated heterocycles. The van der Waals surface area contributed by atoms with E-state index in [9.17, 15) is 0 Å². The molecule has 2 aromatic heterocycles. The van der Waals surface area contributed by atoms with Crippen LogP contribution in [0.15, 0.2) is 212 Å². The molecule has 0 atom stereocenters. The van der Waals surface area contributed by atoms with Gasteiger partial charge in [-0.05, 0) is 38.5 Å². The summed E-state index contributed by atoms with van der Waals surface area (Å²) in [6.07, 6.45) is 0. The average molecular weight is 724 g/mol. The van der Waals surface area contributed by atoms with Gasteiger partial charge in [0.2, 0.25) is 0 Å². The molecule has 255 valence electrons. The Balaban J connectivity index is 1.32. The third-order valence-corrected chi connectivity index (χ3v) is 19.9. The van der Waals surface area contributed by atoms with Crippen LogP contribution in [-0.4, -0.2) is 27.5 Å². The number of fused-ring (bicyclic) bond motifs is 2. The summed E-state index contributed by atoms with van der Waals surface area (Å²) in [6, 6.07) is 76.5. The van der Waals surface area contributed by atoms with Crippen LogP contribution < -0.4 is 24.0 Å². The van der Waals surface area contributed by atoms with Crippen LogP contribution in [0.5, 0.6) is 0 Å². The monoisotopic (exact) mass is 723 g/mol. The van der Waals surface area contributed by atoms with Gasteiger partial charge in [-0.25, -0.2) is 9.97 Å². The molecule has 7 aromatic carbocycles. The number of aromatic nitrogens is 2. The summed E-state index contributed by atoms with van der Waals surface area (Å²) < 4.78 is 5.52. The van der Waals surface area contributed by atoms with Crippen molar-refractivity contribution in [1.29, 1.82) is 0 Å². The average Bonchev–Trinajstić information content (AvgIpc) is 3.25. The lowest BCUT2D eigenvalue weighted by Gasteiger charge is -2.64. The van der Waals surface area contributed by atoms with Crippen molar-refractivity contribution < 1.29 is 0 Å². The summed E-state index contributed by atoms with van der Waals surface area (Å²) in [5, 5.41) is 8.50. The van der Waals surface area contributed by atoms with E-state index in [0.29, 0.717) is 0 Å². The summed E-state index contributed by atoms with van der Waals surface area (Å²) >= 11 is 0. The van der Waals surface area contributed by atoms with Crippen LogP contribution >= 0.6 is 0 Å². The van der Waals surface area contributed by atoms with E-state index in [1.165, 1.54) is 26.3 Å². The normalized spacial score (nSPS) is 13.9. The summed E-state index contributed by atoms with van der Waals surface area (Å²) in [5.41, 5.74) is 4.21. The molecule has 3 heterocycles. The second kappa shape index (κ2) is 13.4. The molecule has 0 aliphatic carbocycles. The maximum Gasteiger partial charge on any atom is 0.324 e. The Morgan fingerprint density at radius 1 is 0.370 bits per heavy atom. The van der Waals surface area contributed by atoms with Crippen molar-refractivity contribution in [3.05, 3.63) is 212 Å². The van der Waals surface area contributed by atoms with Gasteiger partial charge in [0.05, 0.1) is 11.4 Å². The van der Waals surface area contributed by atoms with Crippen molar-refractivity contribution in [2.24, 2.45) is 0 Å². The number of hydrogen-bond donors (Lipinski definition) is 0. The van der Waals surface area contributed by atoms with Crippen LogP contribution in [0.2, 0.25) is 0 Å². The summed E-state index contributed by atoms with van der Waals surface area (Å²) in [7, 11) is -4.85. The van der Waals surface area contributed by atoms with Gasteiger partial charge in [0.25, 0.3) is 0 Å². The standard InChI is InChI=1S/C48H35N4Si2/c1-6-20-36(21-7-1)47-43-32-18-16-24-38(43)34-45(49-47)51-53(40-26-10-3-11-27-40)52(54(51,41-28-12-4-13-29-41)42-30-14-5-15-31-42)46-35-39-25-17-19-33-44(39)48(50-46)37-22-8-2-9-23-37/h1-35H. The molecule has 54 heavy (non-hydrogen) atoms. The molecule has 0 bridgehead atoms. The van der Waals surface area contributed by atoms with Crippen molar-refractivity contribution in [2.45, 2.75) is 0 Å². The number of rotatable bonds is 7. The molecule has 4 nitrogen and oxygen atoms in total. The Labute approximate surface area is 318 Å². The molecule has 0 saturated carbocycles.